The highest BCUT2D eigenvalue weighted by Crippen LogP contribution is 2.19. The van der Waals surface area contributed by atoms with E-state index >= 15 is 0 Å². The fourth-order valence-electron chi connectivity index (χ4n) is 2.23. The van der Waals surface area contributed by atoms with Crippen LogP contribution >= 0.6 is 0 Å². The second-order valence-electron chi connectivity index (χ2n) is 6.54. The van der Waals surface area contributed by atoms with Gasteiger partial charge in [-0.15, -0.1) is 0 Å². The van der Waals surface area contributed by atoms with E-state index in [-0.39, 0.29) is 0 Å². The molecule has 0 atom stereocenters. The smallest absolute Gasteiger partial charge is 0.309 e. The van der Waals surface area contributed by atoms with Crippen LogP contribution in [0.25, 0.3) is 0 Å². The molecule has 0 aromatic heterocycles. The van der Waals surface area contributed by atoms with E-state index in [4.69, 9.17) is 9.84 Å². The van der Waals surface area contributed by atoms with E-state index in [0.29, 0.717) is 26.1 Å². The monoisotopic (exact) mass is 327 g/mol. The fourth-order valence-corrected chi connectivity index (χ4v) is 2.23. The van der Waals surface area contributed by atoms with E-state index in [1.54, 1.807) is 13.8 Å². The highest BCUT2D eigenvalue weighted by Gasteiger charge is 2.25. The van der Waals surface area contributed by atoms with Crippen LogP contribution in [0.4, 0.5) is 0 Å². The van der Waals surface area contributed by atoms with E-state index in [2.05, 4.69) is 5.32 Å². The zero-order valence-corrected chi connectivity index (χ0v) is 14.3. The fraction of sp³-hybridized carbons (Fsp3) is 0.350. The maximum atomic E-state index is 11.1. The normalized spacial score (nSPS) is 11.2. The van der Waals surface area contributed by atoms with Gasteiger partial charge in [0.05, 0.1) is 5.41 Å². The first-order valence-electron chi connectivity index (χ1n) is 8.17. The predicted octanol–water partition coefficient (Wildman–Crippen LogP) is 3.86. The van der Waals surface area contributed by atoms with Crippen LogP contribution in [0.1, 0.15) is 31.4 Å². The molecule has 2 aromatic rings. The Morgan fingerprint density at radius 1 is 1.08 bits per heavy atom. The number of carbonyl (C=O) groups is 1. The minimum Gasteiger partial charge on any atom is -0.489 e. The van der Waals surface area contributed by atoms with Crippen molar-refractivity contribution < 1.29 is 14.6 Å². The van der Waals surface area contributed by atoms with Crippen molar-refractivity contribution in [2.75, 3.05) is 6.54 Å². The van der Waals surface area contributed by atoms with Crippen molar-refractivity contribution >= 4 is 5.97 Å². The average molecular weight is 327 g/mol. The molecule has 2 rings (SSSR count). The third-order valence-corrected chi connectivity index (χ3v) is 3.98. The molecule has 0 fully saturated rings. The highest BCUT2D eigenvalue weighted by atomic mass is 16.5. The number of benzene rings is 2. The number of carboxylic acids is 1. The summed E-state index contributed by atoms with van der Waals surface area (Å²) in [5.74, 6) is 0.0737. The molecule has 0 amide bonds. The van der Waals surface area contributed by atoms with E-state index < -0.39 is 11.4 Å². The molecule has 4 nitrogen and oxygen atoms in total. The van der Waals surface area contributed by atoms with Crippen molar-refractivity contribution in [3.63, 3.8) is 0 Å². The SMILES string of the molecule is CC(C)(CCNCc1cccc(OCc2ccccc2)c1)C(=O)O. The van der Waals surface area contributed by atoms with Crippen molar-refractivity contribution in [2.24, 2.45) is 5.41 Å². The Morgan fingerprint density at radius 3 is 2.50 bits per heavy atom. The van der Waals surface area contributed by atoms with Crippen LogP contribution < -0.4 is 10.1 Å². The molecule has 0 spiro atoms. The molecular formula is C20H25NO3. The van der Waals surface area contributed by atoms with Gasteiger partial charge in [0.1, 0.15) is 12.4 Å². The number of hydrogen-bond donors (Lipinski definition) is 2. The Morgan fingerprint density at radius 2 is 1.79 bits per heavy atom. The summed E-state index contributed by atoms with van der Waals surface area (Å²) < 4.78 is 5.82. The minimum absolute atomic E-state index is 0.546. The van der Waals surface area contributed by atoms with Gasteiger partial charge in [0, 0.05) is 6.54 Å². The van der Waals surface area contributed by atoms with E-state index in [1.807, 2.05) is 54.6 Å². The first kappa shape index (κ1) is 18.0. The van der Waals surface area contributed by atoms with Gasteiger partial charge in [-0.3, -0.25) is 4.79 Å². The van der Waals surface area contributed by atoms with Crippen molar-refractivity contribution in [3.05, 3.63) is 65.7 Å². The highest BCUT2D eigenvalue weighted by molar-refractivity contribution is 5.73. The average Bonchev–Trinajstić information content (AvgIpc) is 2.58. The maximum Gasteiger partial charge on any atom is 0.309 e. The van der Waals surface area contributed by atoms with Gasteiger partial charge < -0.3 is 15.2 Å². The van der Waals surface area contributed by atoms with Crippen molar-refractivity contribution in [1.82, 2.24) is 5.32 Å². The van der Waals surface area contributed by atoms with Crippen LogP contribution in [0.15, 0.2) is 54.6 Å². The molecule has 0 unspecified atom stereocenters. The molecule has 0 saturated heterocycles. The summed E-state index contributed by atoms with van der Waals surface area (Å²) in [4.78, 5) is 11.1. The van der Waals surface area contributed by atoms with Crippen molar-refractivity contribution in [2.45, 2.75) is 33.4 Å². The third-order valence-electron chi connectivity index (χ3n) is 3.98. The molecule has 2 N–H and O–H groups in total. The Hall–Kier alpha value is -2.33. The Kier molecular flexibility index (Phi) is 6.38. The first-order valence-corrected chi connectivity index (χ1v) is 8.17. The molecule has 2 aromatic carbocycles. The quantitative estimate of drug-likeness (QED) is 0.687. The Labute approximate surface area is 143 Å². The number of hydrogen-bond acceptors (Lipinski definition) is 3. The van der Waals surface area contributed by atoms with E-state index in [1.165, 1.54) is 0 Å². The van der Waals surface area contributed by atoms with Gasteiger partial charge in [0.25, 0.3) is 0 Å². The molecule has 0 aliphatic carbocycles. The number of nitrogens with one attached hydrogen (secondary N) is 1. The first-order chi connectivity index (χ1) is 11.5. The zero-order valence-electron chi connectivity index (χ0n) is 14.3. The topological polar surface area (TPSA) is 58.6 Å². The number of carboxylic acid groups (broad SMARTS) is 1. The molecular weight excluding hydrogens is 302 g/mol. The van der Waals surface area contributed by atoms with Crippen LogP contribution in [0.2, 0.25) is 0 Å². The van der Waals surface area contributed by atoms with Crippen LogP contribution in [-0.2, 0) is 17.9 Å². The van der Waals surface area contributed by atoms with Gasteiger partial charge >= 0.3 is 5.97 Å². The predicted molar refractivity (Wildman–Crippen MR) is 95.0 cm³/mol. The van der Waals surface area contributed by atoms with Gasteiger partial charge in [0.15, 0.2) is 0 Å². The lowest BCUT2D eigenvalue weighted by Crippen LogP contribution is -2.28. The standard InChI is InChI=1S/C20H25NO3/c1-20(2,19(22)23)11-12-21-14-17-9-6-10-18(13-17)24-15-16-7-4-3-5-8-16/h3-10,13,21H,11-12,14-15H2,1-2H3,(H,22,23). The van der Waals surface area contributed by atoms with E-state index in [9.17, 15) is 4.79 Å². The lowest BCUT2D eigenvalue weighted by Gasteiger charge is -2.19. The third kappa shape index (κ3) is 5.70. The van der Waals surface area contributed by atoms with Crippen LogP contribution in [0, 0.1) is 5.41 Å². The molecule has 0 bridgehead atoms. The molecule has 0 aliphatic rings. The summed E-state index contributed by atoms with van der Waals surface area (Å²) in [5.41, 5.74) is 1.55. The number of aliphatic carboxylic acids is 1. The van der Waals surface area contributed by atoms with Gasteiger partial charge in [-0.2, -0.15) is 0 Å². The lowest BCUT2D eigenvalue weighted by molar-refractivity contribution is -0.147. The molecule has 4 heteroatoms. The molecule has 0 radical (unpaired) electrons. The van der Waals surface area contributed by atoms with Crippen LogP contribution in [0.3, 0.4) is 0 Å². The molecule has 0 saturated carbocycles. The maximum absolute atomic E-state index is 11.1. The Bertz CT molecular complexity index is 653. The summed E-state index contributed by atoms with van der Waals surface area (Å²) in [6, 6.07) is 18.0. The van der Waals surface area contributed by atoms with Crippen LogP contribution in [-0.4, -0.2) is 17.6 Å². The molecule has 0 heterocycles. The van der Waals surface area contributed by atoms with Gasteiger partial charge in [-0.1, -0.05) is 42.5 Å². The summed E-state index contributed by atoms with van der Waals surface area (Å²) in [6.07, 6.45) is 0.590. The summed E-state index contributed by atoms with van der Waals surface area (Å²) >= 11 is 0. The van der Waals surface area contributed by atoms with Gasteiger partial charge in [0.2, 0.25) is 0 Å². The second kappa shape index (κ2) is 8.50. The molecule has 0 aliphatic heterocycles. The Balaban J connectivity index is 1.79. The lowest BCUT2D eigenvalue weighted by atomic mass is 9.90. The van der Waals surface area contributed by atoms with Crippen LogP contribution in [0.5, 0.6) is 5.75 Å². The largest absolute Gasteiger partial charge is 0.489 e. The van der Waals surface area contributed by atoms with E-state index in [0.717, 1.165) is 16.9 Å². The summed E-state index contributed by atoms with van der Waals surface area (Å²) in [6.45, 7) is 5.39. The van der Waals surface area contributed by atoms with Gasteiger partial charge in [-0.05, 0) is 50.1 Å². The second-order valence-corrected chi connectivity index (χ2v) is 6.54. The zero-order chi connectivity index (χ0) is 17.4. The summed E-state index contributed by atoms with van der Waals surface area (Å²) in [7, 11) is 0. The van der Waals surface area contributed by atoms with Gasteiger partial charge in [-0.25, -0.2) is 0 Å². The number of ether oxygens (including phenoxy) is 1. The van der Waals surface area contributed by atoms with Crippen molar-refractivity contribution in [3.8, 4) is 5.75 Å². The molecule has 128 valence electrons. The molecule has 24 heavy (non-hydrogen) atoms. The number of rotatable bonds is 9. The van der Waals surface area contributed by atoms with Crippen molar-refractivity contribution in [1.29, 1.82) is 0 Å². The minimum atomic E-state index is -0.763. The summed E-state index contributed by atoms with van der Waals surface area (Å²) in [5, 5.41) is 12.4.